The van der Waals surface area contributed by atoms with E-state index in [0.29, 0.717) is 27.3 Å². The normalized spacial score (nSPS) is 15.7. The fourth-order valence-electron chi connectivity index (χ4n) is 3.29. The molecule has 3 N–H and O–H groups in total. The second-order valence-electron chi connectivity index (χ2n) is 6.31. The smallest absolute Gasteiger partial charge is 0.289 e. The number of nitrogen functional groups attached to an aromatic ring is 1. The molecule has 0 bridgehead atoms. The first-order valence-corrected chi connectivity index (χ1v) is 9.69. The van der Waals surface area contributed by atoms with E-state index in [0.717, 1.165) is 19.3 Å². The molecule has 1 aromatic carbocycles. The van der Waals surface area contributed by atoms with E-state index in [1.54, 1.807) is 12.1 Å². The zero-order chi connectivity index (χ0) is 19.2. The molecular formula is C21H19N4OS+. The van der Waals surface area contributed by atoms with Gasteiger partial charge in [0.1, 0.15) is 23.3 Å². The molecule has 0 aliphatic heterocycles. The molecule has 1 aromatic heterocycles. The van der Waals surface area contributed by atoms with Gasteiger partial charge in [0.25, 0.3) is 5.82 Å². The summed E-state index contributed by atoms with van der Waals surface area (Å²) in [7, 11) is 0. The highest BCUT2D eigenvalue weighted by molar-refractivity contribution is 7.99. The van der Waals surface area contributed by atoms with Crippen molar-refractivity contribution in [2.24, 2.45) is 0 Å². The summed E-state index contributed by atoms with van der Waals surface area (Å²) in [6.45, 7) is 0. The molecule has 1 aliphatic carbocycles. The van der Waals surface area contributed by atoms with E-state index in [1.807, 2.05) is 18.2 Å². The van der Waals surface area contributed by atoms with Crippen molar-refractivity contribution in [3.8, 4) is 12.1 Å². The number of aromatic nitrogens is 1. The molecule has 134 valence electrons. The summed E-state index contributed by atoms with van der Waals surface area (Å²) < 4.78 is 0. The van der Waals surface area contributed by atoms with Gasteiger partial charge in [0, 0.05) is 11.1 Å². The van der Waals surface area contributed by atoms with E-state index < -0.39 is 0 Å². The lowest BCUT2D eigenvalue weighted by Crippen LogP contribution is -2.22. The van der Waals surface area contributed by atoms with Gasteiger partial charge < -0.3 is 0 Å². The van der Waals surface area contributed by atoms with Gasteiger partial charge in [-0.05, 0) is 25.2 Å². The summed E-state index contributed by atoms with van der Waals surface area (Å²) in [5.74, 6) is 0.490. The number of hydrogen-bond acceptors (Lipinski definition) is 5. The molecule has 0 saturated heterocycles. The first-order valence-electron chi connectivity index (χ1n) is 8.70. The van der Waals surface area contributed by atoms with Crippen LogP contribution in [0, 0.1) is 22.7 Å². The largest absolute Gasteiger partial charge is 0.293 e. The molecule has 27 heavy (non-hydrogen) atoms. The number of ketones is 1. The average Bonchev–Trinajstić information content (AvgIpc) is 2.72. The molecule has 1 atom stereocenters. The molecule has 0 saturated carbocycles. The van der Waals surface area contributed by atoms with E-state index in [1.165, 1.54) is 11.8 Å². The van der Waals surface area contributed by atoms with Crippen LogP contribution < -0.4 is 10.7 Å². The van der Waals surface area contributed by atoms with Crippen LogP contribution >= 0.6 is 11.8 Å². The number of nitrogens with two attached hydrogens (primary N) is 1. The summed E-state index contributed by atoms with van der Waals surface area (Å²) >= 11 is 1.25. The van der Waals surface area contributed by atoms with Crippen molar-refractivity contribution in [3.63, 3.8) is 0 Å². The molecule has 1 aliphatic rings. The van der Waals surface area contributed by atoms with Crippen molar-refractivity contribution >= 4 is 23.4 Å². The molecule has 0 radical (unpaired) electrons. The number of anilines is 1. The lowest BCUT2D eigenvalue weighted by Gasteiger charge is -2.21. The van der Waals surface area contributed by atoms with E-state index in [4.69, 9.17) is 5.73 Å². The lowest BCUT2D eigenvalue weighted by atomic mass is 9.83. The van der Waals surface area contributed by atoms with Gasteiger partial charge in [-0.1, -0.05) is 54.2 Å². The highest BCUT2D eigenvalue weighted by Gasteiger charge is 2.28. The summed E-state index contributed by atoms with van der Waals surface area (Å²) in [6.07, 6.45) is 6.75. The molecule has 1 heterocycles. The Morgan fingerprint density at radius 1 is 1.19 bits per heavy atom. The third-order valence-corrected chi connectivity index (χ3v) is 5.63. The van der Waals surface area contributed by atoms with Gasteiger partial charge in [0.05, 0.1) is 5.75 Å². The molecular weight excluding hydrogens is 356 g/mol. The van der Waals surface area contributed by atoms with Crippen molar-refractivity contribution < 1.29 is 9.78 Å². The highest BCUT2D eigenvalue weighted by atomic mass is 32.2. The molecule has 2 aromatic rings. The maximum atomic E-state index is 12.4. The predicted molar refractivity (Wildman–Crippen MR) is 104 cm³/mol. The number of carbonyl (C=O) groups is 1. The van der Waals surface area contributed by atoms with Crippen molar-refractivity contribution in [2.45, 2.75) is 30.2 Å². The number of carbonyl (C=O) groups excluding carboxylic acids is 1. The predicted octanol–water partition coefficient (Wildman–Crippen LogP) is 3.62. The number of nitriles is 2. The van der Waals surface area contributed by atoms with E-state index in [2.05, 4.69) is 29.3 Å². The highest BCUT2D eigenvalue weighted by Crippen LogP contribution is 2.37. The van der Waals surface area contributed by atoms with E-state index >= 15 is 0 Å². The Kier molecular flexibility index (Phi) is 5.90. The van der Waals surface area contributed by atoms with Gasteiger partial charge in [-0.2, -0.15) is 10.5 Å². The van der Waals surface area contributed by atoms with Crippen molar-refractivity contribution in [1.82, 2.24) is 0 Å². The zero-order valence-corrected chi connectivity index (χ0v) is 15.6. The van der Waals surface area contributed by atoms with Gasteiger partial charge in [0.15, 0.2) is 10.8 Å². The fourth-order valence-corrected chi connectivity index (χ4v) is 4.21. The van der Waals surface area contributed by atoms with Crippen molar-refractivity contribution in [2.75, 3.05) is 11.5 Å². The van der Waals surface area contributed by atoms with Crippen LogP contribution in [0.15, 0.2) is 47.5 Å². The zero-order valence-electron chi connectivity index (χ0n) is 14.7. The number of nitrogens with zero attached hydrogens (tertiary/aromatic N) is 2. The van der Waals surface area contributed by atoms with Crippen LogP contribution in [-0.2, 0) is 0 Å². The van der Waals surface area contributed by atoms with E-state index in [-0.39, 0.29) is 23.3 Å². The van der Waals surface area contributed by atoms with Gasteiger partial charge in [-0.15, -0.1) is 0 Å². The molecule has 0 unspecified atom stereocenters. The molecule has 0 fully saturated rings. The number of H-pyrrole nitrogens is 1. The molecule has 3 rings (SSSR count). The van der Waals surface area contributed by atoms with Crippen LogP contribution in [0.25, 0.3) is 0 Å². The number of nitrogens with one attached hydrogen (secondary N) is 1. The fraction of sp³-hybridized carbons (Fsp3) is 0.238. The standard InChI is InChI=1S/C21H18N4OS/c22-11-16-19(15-9-5-2-6-10-15)17(12-23)21(25-20(16)24)27-13-18(26)14-7-3-1-4-8-14/h1-5,7-8,15H,6,9-10,13H2,(H2,24,25)/p+1/t15-/m0/s1. The second kappa shape index (κ2) is 8.53. The summed E-state index contributed by atoms with van der Waals surface area (Å²) in [6, 6.07) is 13.4. The number of rotatable bonds is 5. The third kappa shape index (κ3) is 4.02. The molecule has 5 nitrogen and oxygen atoms in total. The third-order valence-electron chi connectivity index (χ3n) is 4.63. The maximum Gasteiger partial charge on any atom is 0.289 e. The van der Waals surface area contributed by atoms with Gasteiger partial charge in [-0.3, -0.25) is 10.5 Å². The lowest BCUT2D eigenvalue weighted by molar-refractivity contribution is -0.410. The minimum atomic E-state index is -0.0250. The average molecular weight is 375 g/mol. The number of allylic oxidation sites excluding steroid dienone is 2. The Morgan fingerprint density at radius 3 is 2.56 bits per heavy atom. The molecule has 0 spiro atoms. The topological polar surface area (TPSA) is 105 Å². The van der Waals surface area contributed by atoms with Crippen molar-refractivity contribution in [3.05, 3.63) is 64.7 Å². The van der Waals surface area contributed by atoms with Crippen LogP contribution in [0.1, 0.15) is 52.2 Å². The SMILES string of the molecule is N#Cc1c(N)[nH+]c(SCC(=O)c2ccccc2)c(C#N)c1[C@H]1CC=CCC1. The van der Waals surface area contributed by atoms with E-state index in [9.17, 15) is 15.3 Å². The molecule has 6 heteroatoms. The number of aromatic amines is 1. The van der Waals surface area contributed by atoms with Gasteiger partial charge in [-0.25, -0.2) is 4.98 Å². The first-order chi connectivity index (χ1) is 13.2. The number of Topliss-reactive ketones (excluding diaryl/α,β-unsaturated/α-hetero) is 1. The monoisotopic (exact) mass is 375 g/mol. The van der Waals surface area contributed by atoms with Crippen LogP contribution in [0.2, 0.25) is 0 Å². The maximum absolute atomic E-state index is 12.4. The summed E-state index contributed by atoms with van der Waals surface area (Å²) in [5.41, 5.74) is 8.17. The van der Waals surface area contributed by atoms with Crippen LogP contribution in [0.3, 0.4) is 0 Å². The number of thioether (sulfide) groups is 1. The minimum absolute atomic E-state index is 0.0250. The minimum Gasteiger partial charge on any atom is -0.293 e. The number of benzene rings is 1. The summed E-state index contributed by atoms with van der Waals surface area (Å²) in [4.78, 5) is 15.4. The quantitative estimate of drug-likeness (QED) is 0.488. The van der Waals surface area contributed by atoms with Crippen molar-refractivity contribution in [1.29, 1.82) is 10.5 Å². The second-order valence-corrected chi connectivity index (χ2v) is 7.30. The Morgan fingerprint density at radius 2 is 1.93 bits per heavy atom. The van der Waals surface area contributed by atoms with Crippen LogP contribution in [0.4, 0.5) is 5.82 Å². The Hall–Kier alpha value is -3.09. The first kappa shape index (κ1) is 18.7. The van der Waals surface area contributed by atoms with Gasteiger partial charge in [0.2, 0.25) is 0 Å². The number of hydrogen-bond donors (Lipinski definition) is 1. The Labute approximate surface area is 162 Å². The van der Waals surface area contributed by atoms with Crippen LogP contribution in [-0.4, -0.2) is 11.5 Å². The van der Waals surface area contributed by atoms with Crippen LogP contribution in [0.5, 0.6) is 0 Å². The Bertz CT molecular complexity index is 970. The molecule has 0 amide bonds. The number of pyridine rings is 1. The Balaban J connectivity index is 1.95. The van der Waals surface area contributed by atoms with Gasteiger partial charge >= 0.3 is 0 Å². The summed E-state index contributed by atoms with van der Waals surface area (Å²) in [5, 5.41) is 19.9.